The summed E-state index contributed by atoms with van der Waals surface area (Å²) in [5, 5.41) is 26.1. The Morgan fingerprint density at radius 3 is 1.97 bits per heavy atom. The maximum Gasteiger partial charge on any atom is 0.329 e. The number of fused-ring (bicyclic) bond motifs is 1. The molecule has 0 aliphatic heterocycles. The van der Waals surface area contributed by atoms with Gasteiger partial charge in [0.05, 0.1) is 24.1 Å². The molecule has 152 valence electrons. The molecule has 0 saturated carbocycles. The van der Waals surface area contributed by atoms with E-state index in [1.807, 2.05) is 39.0 Å². The lowest BCUT2D eigenvalue weighted by Crippen LogP contribution is -2.25. The largest absolute Gasteiger partial charge is 0.360 e. The van der Waals surface area contributed by atoms with Gasteiger partial charge in [-0.3, -0.25) is 9.13 Å². The van der Waals surface area contributed by atoms with Crippen LogP contribution >= 0.6 is 22.7 Å². The van der Waals surface area contributed by atoms with E-state index in [2.05, 4.69) is 31.0 Å². The van der Waals surface area contributed by atoms with Crippen molar-refractivity contribution in [3.63, 3.8) is 0 Å². The van der Waals surface area contributed by atoms with Gasteiger partial charge in [0, 0.05) is 13.1 Å². The quantitative estimate of drug-likeness (QED) is 0.443. The lowest BCUT2D eigenvalue weighted by Gasteiger charge is -2.00. The van der Waals surface area contributed by atoms with E-state index in [0.29, 0.717) is 13.1 Å². The Bertz CT molecular complexity index is 1190. The maximum absolute atomic E-state index is 13.3. The summed E-state index contributed by atoms with van der Waals surface area (Å²) >= 11 is 2.93. The lowest BCUT2D eigenvalue weighted by atomic mass is 10.2. The summed E-state index contributed by atoms with van der Waals surface area (Å²) < 4.78 is 3.50. The number of benzene rings is 1. The van der Waals surface area contributed by atoms with Crippen LogP contribution in [0.25, 0.3) is 11.0 Å². The monoisotopic (exact) mass is 430 g/mol. The molecule has 0 fully saturated rings. The van der Waals surface area contributed by atoms with E-state index in [0.717, 1.165) is 50.0 Å². The van der Waals surface area contributed by atoms with E-state index in [-0.39, 0.29) is 5.69 Å². The van der Waals surface area contributed by atoms with Crippen LogP contribution in [0, 0.1) is 6.92 Å². The van der Waals surface area contributed by atoms with Gasteiger partial charge in [0.25, 0.3) is 0 Å². The fourth-order valence-electron chi connectivity index (χ4n) is 3.09. The molecule has 11 heteroatoms. The molecule has 9 nitrogen and oxygen atoms in total. The zero-order valence-electron chi connectivity index (χ0n) is 16.5. The van der Waals surface area contributed by atoms with E-state index < -0.39 is 0 Å². The average Bonchev–Trinajstić information content (AvgIpc) is 3.39. The molecule has 0 amide bonds. The van der Waals surface area contributed by atoms with Crippen molar-refractivity contribution in [3.05, 3.63) is 44.3 Å². The highest BCUT2D eigenvalue weighted by molar-refractivity contribution is 7.15. The first-order valence-electron chi connectivity index (χ1n) is 9.41. The predicted molar refractivity (Wildman–Crippen MR) is 117 cm³/mol. The van der Waals surface area contributed by atoms with Gasteiger partial charge in [-0.1, -0.05) is 28.7 Å². The van der Waals surface area contributed by atoms with Crippen molar-refractivity contribution in [3.8, 4) is 0 Å². The number of nitrogens with one attached hydrogen (secondary N) is 2. The van der Waals surface area contributed by atoms with Crippen molar-refractivity contribution in [2.75, 3.05) is 23.7 Å². The minimum absolute atomic E-state index is 0.0917. The van der Waals surface area contributed by atoms with Crippen LogP contribution in [0.5, 0.6) is 0 Å². The van der Waals surface area contributed by atoms with Crippen LogP contribution in [0.3, 0.4) is 0 Å². The molecule has 0 radical (unpaired) electrons. The third kappa shape index (κ3) is 4.01. The Balaban J connectivity index is 1.72. The Morgan fingerprint density at radius 2 is 1.41 bits per heavy atom. The number of rotatable bonds is 8. The molecular formula is C18H22N8OS2. The molecule has 2 N–H and O–H groups in total. The zero-order chi connectivity index (χ0) is 20.4. The van der Waals surface area contributed by atoms with Crippen LogP contribution in [-0.2, 0) is 13.1 Å². The Labute approximate surface area is 175 Å². The molecule has 0 aliphatic rings. The van der Waals surface area contributed by atoms with Crippen molar-refractivity contribution in [2.45, 2.75) is 33.9 Å². The van der Waals surface area contributed by atoms with Gasteiger partial charge in [0.1, 0.15) is 10.0 Å². The van der Waals surface area contributed by atoms with Crippen molar-refractivity contribution in [1.29, 1.82) is 0 Å². The van der Waals surface area contributed by atoms with Crippen molar-refractivity contribution in [2.24, 2.45) is 0 Å². The fraction of sp³-hybridized carbons (Fsp3) is 0.389. The maximum atomic E-state index is 13.3. The summed E-state index contributed by atoms with van der Waals surface area (Å²) in [7, 11) is 0. The van der Waals surface area contributed by atoms with Gasteiger partial charge >= 0.3 is 5.69 Å². The second-order valence-electron chi connectivity index (χ2n) is 6.51. The third-order valence-corrected chi connectivity index (χ3v) is 6.08. The van der Waals surface area contributed by atoms with Crippen LogP contribution in [0.1, 0.15) is 29.4 Å². The second-order valence-corrected chi connectivity index (χ2v) is 8.63. The molecule has 29 heavy (non-hydrogen) atoms. The fourth-order valence-corrected chi connectivity index (χ4v) is 4.68. The number of aromatic nitrogens is 6. The third-order valence-electron chi connectivity index (χ3n) is 4.35. The van der Waals surface area contributed by atoms with Crippen LogP contribution in [0.4, 0.5) is 10.3 Å². The van der Waals surface area contributed by atoms with Gasteiger partial charge in [0.2, 0.25) is 10.3 Å². The number of aryl methyl sites for hydroxylation is 1. The summed E-state index contributed by atoms with van der Waals surface area (Å²) in [6.45, 7) is 8.37. The van der Waals surface area contributed by atoms with Gasteiger partial charge in [0.15, 0.2) is 0 Å². The Hall–Kier alpha value is -2.79. The minimum Gasteiger partial charge on any atom is -0.360 e. The zero-order valence-corrected chi connectivity index (χ0v) is 18.1. The highest BCUT2D eigenvalue weighted by atomic mass is 32.1. The van der Waals surface area contributed by atoms with Gasteiger partial charge < -0.3 is 10.6 Å². The van der Waals surface area contributed by atoms with E-state index in [4.69, 9.17) is 0 Å². The molecule has 0 unspecified atom stereocenters. The molecule has 1 aromatic carbocycles. The molecule has 0 atom stereocenters. The number of hydrogen-bond donors (Lipinski definition) is 2. The minimum atomic E-state index is -0.0917. The van der Waals surface area contributed by atoms with E-state index >= 15 is 0 Å². The van der Waals surface area contributed by atoms with Gasteiger partial charge in [-0.15, -0.1) is 20.4 Å². The summed E-state index contributed by atoms with van der Waals surface area (Å²) in [5.41, 5.74) is 2.76. The van der Waals surface area contributed by atoms with Crippen molar-refractivity contribution in [1.82, 2.24) is 29.5 Å². The summed E-state index contributed by atoms with van der Waals surface area (Å²) in [4.78, 5) is 13.3. The van der Waals surface area contributed by atoms with Gasteiger partial charge in [-0.2, -0.15) is 0 Å². The molecule has 0 saturated heterocycles. The first-order valence-corrected chi connectivity index (χ1v) is 11.0. The predicted octanol–water partition coefficient (Wildman–Crippen LogP) is 2.77. The van der Waals surface area contributed by atoms with Gasteiger partial charge in [-0.05, 0) is 38.5 Å². The Kier molecular flexibility index (Phi) is 5.58. The van der Waals surface area contributed by atoms with E-state index in [1.54, 1.807) is 9.13 Å². The second kappa shape index (κ2) is 8.29. The standard InChI is InChI=1S/C18H22N8OS2/c1-4-19-16-23-21-14(28-16)9-25-12-7-6-11(3)8-13(12)26(18(25)27)10-15-22-24-17(29-15)20-5-2/h6-8H,4-5,9-10H2,1-3H3,(H,19,23)(H,20,24). The van der Waals surface area contributed by atoms with Crippen molar-refractivity contribution >= 4 is 44.0 Å². The summed E-state index contributed by atoms with van der Waals surface area (Å²) in [5.74, 6) is 0. The highest BCUT2D eigenvalue weighted by Crippen LogP contribution is 2.22. The van der Waals surface area contributed by atoms with Crippen LogP contribution < -0.4 is 16.3 Å². The smallest absolute Gasteiger partial charge is 0.329 e. The highest BCUT2D eigenvalue weighted by Gasteiger charge is 2.17. The first-order chi connectivity index (χ1) is 14.1. The van der Waals surface area contributed by atoms with Crippen molar-refractivity contribution < 1.29 is 0 Å². The average molecular weight is 431 g/mol. The summed E-state index contributed by atoms with van der Waals surface area (Å²) in [6.07, 6.45) is 0. The molecule has 3 heterocycles. The molecular weight excluding hydrogens is 408 g/mol. The topological polar surface area (TPSA) is 103 Å². The van der Waals surface area contributed by atoms with E-state index in [1.165, 1.54) is 22.7 Å². The molecule has 4 aromatic rings. The first kappa shape index (κ1) is 19.5. The molecule has 0 spiro atoms. The molecule has 3 aromatic heterocycles. The molecule has 0 bridgehead atoms. The van der Waals surface area contributed by atoms with Crippen LogP contribution in [-0.4, -0.2) is 42.6 Å². The Morgan fingerprint density at radius 1 is 0.862 bits per heavy atom. The normalized spacial score (nSPS) is 11.3. The molecule has 4 rings (SSSR count). The number of hydrogen-bond acceptors (Lipinski definition) is 9. The number of imidazole rings is 1. The number of anilines is 2. The van der Waals surface area contributed by atoms with E-state index in [9.17, 15) is 4.79 Å². The van der Waals surface area contributed by atoms with Crippen LogP contribution in [0.2, 0.25) is 0 Å². The number of nitrogens with zero attached hydrogens (tertiary/aromatic N) is 6. The van der Waals surface area contributed by atoms with Gasteiger partial charge in [-0.25, -0.2) is 4.79 Å². The SMILES string of the molecule is CCNc1nnc(Cn2c(=O)n(Cc3nnc(NCC)s3)c3cc(C)ccc32)s1. The molecule has 0 aliphatic carbocycles. The lowest BCUT2D eigenvalue weighted by molar-refractivity contribution is 0.689. The summed E-state index contributed by atoms with van der Waals surface area (Å²) in [6, 6.07) is 6.03. The van der Waals surface area contributed by atoms with Crippen LogP contribution in [0.15, 0.2) is 23.0 Å².